The Morgan fingerprint density at radius 1 is 1.04 bits per heavy atom. The number of benzene rings is 1. The number of carbonyl (C=O) groups is 2. The lowest BCUT2D eigenvalue weighted by Crippen LogP contribution is -2.53. The summed E-state index contributed by atoms with van der Waals surface area (Å²) >= 11 is 0. The monoisotopic (exact) mass is 331 g/mol. The van der Waals surface area contributed by atoms with E-state index in [1.54, 1.807) is 0 Å². The summed E-state index contributed by atoms with van der Waals surface area (Å²) in [6, 6.07) is 6.07. The van der Waals surface area contributed by atoms with Gasteiger partial charge < -0.3 is 9.80 Å². The summed E-state index contributed by atoms with van der Waals surface area (Å²) in [5, 5.41) is 0. The topological polar surface area (TPSA) is 43.9 Å². The fourth-order valence-electron chi connectivity index (χ4n) is 3.21. The van der Waals surface area contributed by atoms with Crippen molar-refractivity contribution in [1.29, 1.82) is 0 Å². The van der Waals surface area contributed by atoms with E-state index < -0.39 is 0 Å². The van der Waals surface area contributed by atoms with Gasteiger partial charge in [0.25, 0.3) is 0 Å². The Labute approximate surface area is 145 Å². The number of ketones is 1. The van der Waals surface area contributed by atoms with Crippen LogP contribution >= 0.6 is 0 Å². The van der Waals surface area contributed by atoms with Crippen LogP contribution in [0.1, 0.15) is 35.3 Å². The molecule has 0 spiro atoms. The predicted octanol–water partition coefficient (Wildman–Crippen LogP) is 2.57. The Kier molecular flexibility index (Phi) is 6.37. The second kappa shape index (κ2) is 8.29. The van der Waals surface area contributed by atoms with Crippen LogP contribution in [-0.4, -0.2) is 72.3 Å². The van der Waals surface area contributed by atoms with Crippen molar-refractivity contribution < 1.29 is 9.59 Å². The molecule has 5 nitrogen and oxygen atoms in total. The molecule has 0 saturated carbocycles. The molecule has 0 N–H and O–H groups in total. The predicted molar refractivity (Wildman–Crippen MR) is 96.6 cm³/mol. The van der Waals surface area contributed by atoms with Crippen LogP contribution in [0.2, 0.25) is 0 Å². The second-order valence-electron chi connectivity index (χ2n) is 6.46. The largest absolute Gasteiger partial charge is 0.325 e. The van der Waals surface area contributed by atoms with E-state index in [2.05, 4.69) is 4.90 Å². The summed E-state index contributed by atoms with van der Waals surface area (Å²) in [6.07, 6.45) is 0. The third kappa shape index (κ3) is 4.35. The normalized spacial score (nSPS) is 15.4. The van der Waals surface area contributed by atoms with Gasteiger partial charge in [-0.05, 0) is 33.3 Å². The molecule has 1 aromatic rings. The van der Waals surface area contributed by atoms with Gasteiger partial charge in [-0.3, -0.25) is 9.69 Å². The second-order valence-corrected chi connectivity index (χ2v) is 6.46. The van der Waals surface area contributed by atoms with E-state index in [0.29, 0.717) is 19.6 Å². The van der Waals surface area contributed by atoms with E-state index in [4.69, 9.17) is 0 Å². The highest BCUT2D eigenvalue weighted by Crippen LogP contribution is 2.13. The Morgan fingerprint density at radius 2 is 1.67 bits per heavy atom. The fourth-order valence-corrected chi connectivity index (χ4v) is 3.21. The van der Waals surface area contributed by atoms with Crippen molar-refractivity contribution in [2.45, 2.75) is 27.7 Å². The minimum absolute atomic E-state index is 0.111. The van der Waals surface area contributed by atoms with Crippen LogP contribution in [0.5, 0.6) is 0 Å². The van der Waals surface area contributed by atoms with Crippen molar-refractivity contribution in [1.82, 2.24) is 14.7 Å². The number of piperazine rings is 1. The fraction of sp³-hybridized carbons (Fsp3) is 0.579. The average molecular weight is 331 g/mol. The molecule has 1 aliphatic heterocycles. The van der Waals surface area contributed by atoms with Crippen LogP contribution < -0.4 is 0 Å². The SMILES string of the molecule is CCN(CC)C(=O)N1CCN(CC(=O)c2ccc(C)cc2C)CC1. The summed E-state index contributed by atoms with van der Waals surface area (Å²) in [7, 11) is 0. The Morgan fingerprint density at radius 3 is 2.21 bits per heavy atom. The highest BCUT2D eigenvalue weighted by Gasteiger charge is 2.25. The van der Waals surface area contributed by atoms with Crippen LogP contribution in [0.25, 0.3) is 0 Å². The van der Waals surface area contributed by atoms with E-state index in [-0.39, 0.29) is 11.8 Å². The maximum atomic E-state index is 12.5. The lowest BCUT2D eigenvalue weighted by atomic mass is 10.0. The number of nitrogens with zero attached hydrogens (tertiary/aromatic N) is 3. The molecule has 1 heterocycles. The first-order valence-electron chi connectivity index (χ1n) is 8.82. The van der Waals surface area contributed by atoms with E-state index in [1.165, 1.54) is 5.56 Å². The van der Waals surface area contributed by atoms with Gasteiger partial charge in [-0.15, -0.1) is 0 Å². The Bertz CT molecular complexity index is 588. The minimum atomic E-state index is 0.111. The first-order chi connectivity index (χ1) is 11.5. The highest BCUT2D eigenvalue weighted by atomic mass is 16.2. The van der Waals surface area contributed by atoms with E-state index in [0.717, 1.165) is 37.3 Å². The zero-order chi connectivity index (χ0) is 17.7. The number of carbonyl (C=O) groups excluding carboxylic acids is 2. The number of urea groups is 1. The van der Waals surface area contributed by atoms with Crippen molar-refractivity contribution in [2.75, 3.05) is 45.8 Å². The molecule has 2 amide bonds. The molecule has 1 fully saturated rings. The summed E-state index contributed by atoms with van der Waals surface area (Å²) in [6.45, 7) is 12.8. The lowest BCUT2D eigenvalue weighted by molar-refractivity contribution is 0.0853. The van der Waals surface area contributed by atoms with Crippen LogP contribution in [-0.2, 0) is 0 Å². The minimum Gasteiger partial charge on any atom is -0.325 e. The number of amides is 2. The first kappa shape index (κ1) is 18.5. The lowest BCUT2D eigenvalue weighted by Gasteiger charge is -2.36. The van der Waals surface area contributed by atoms with Gasteiger partial charge in [-0.1, -0.05) is 23.8 Å². The Hall–Kier alpha value is -1.88. The van der Waals surface area contributed by atoms with Gasteiger partial charge in [0.1, 0.15) is 0 Å². The quantitative estimate of drug-likeness (QED) is 0.779. The maximum absolute atomic E-state index is 12.5. The summed E-state index contributed by atoms with van der Waals surface area (Å²) in [5.41, 5.74) is 3.02. The van der Waals surface area contributed by atoms with Crippen molar-refractivity contribution in [3.05, 3.63) is 34.9 Å². The van der Waals surface area contributed by atoms with Gasteiger partial charge in [0.2, 0.25) is 0 Å². The molecule has 0 aliphatic carbocycles. The molecule has 0 unspecified atom stereocenters. The van der Waals surface area contributed by atoms with Crippen molar-refractivity contribution in [2.24, 2.45) is 0 Å². The Balaban J connectivity index is 1.89. The smallest absolute Gasteiger partial charge is 0.320 e. The van der Waals surface area contributed by atoms with Gasteiger partial charge in [-0.2, -0.15) is 0 Å². The van der Waals surface area contributed by atoms with Crippen LogP contribution in [0.4, 0.5) is 4.79 Å². The average Bonchev–Trinajstić information content (AvgIpc) is 2.56. The molecular formula is C19H29N3O2. The van der Waals surface area contributed by atoms with Gasteiger partial charge in [-0.25, -0.2) is 4.79 Å². The first-order valence-corrected chi connectivity index (χ1v) is 8.82. The zero-order valence-electron chi connectivity index (χ0n) is 15.3. The van der Waals surface area contributed by atoms with Gasteiger partial charge in [0.05, 0.1) is 6.54 Å². The molecule has 1 aliphatic rings. The summed E-state index contributed by atoms with van der Waals surface area (Å²) in [5.74, 6) is 0.163. The van der Waals surface area contributed by atoms with E-state index in [9.17, 15) is 9.59 Å². The van der Waals surface area contributed by atoms with Gasteiger partial charge in [0.15, 0.2) is 5.78 Å². The maximum Gasteiger partial charge on any atom is 0.320 e. The molecule has 24 heavy (non-hydrogen) atoms. The molecule has 5 heteroatoms. The molecule has 0 radical (unpaired) electrons. The molecule has 0 bridgehead atoms. The zero-order valence-corrected chi connectivity index (χ0v) is 15.3. The van der Waals surface area contributed by atoms with Gasteiger partial charge >= 0.3 is 6.03 Å². The van der Waals surface area contributed by atoms with Crippen LogP contribution in [0.3, 0.4) is 0 Å². The molecule has 132 valence electrons. The van der Waals surface area contributed by atoms with Crippen molar-refractivity contribution in [3.8, 4) is 0 Å². The number of Topliss-reactive ketones (excluding diaryl/α,β-unsaturated/α-hetero) is 1. The molecule has 0 aromatic heterocycles. The summed E-state index contributed by atoms with van der Waals surface area (Å²) in [4.78, 5) is 30.8. The molecular weight excluding hydrogens is 302 g/mol. The standard InChI is InChI=1S/C19H29N3O2/c1-5-21(6-2)19(24)22-11-9-20(10-12-22)14-18(23)17-8-7-15(3)13-16(17)4/h7-8,13H,5-6,9-12,14H2,1-4H3. The van der Waals surface area contributed by atoms with Gasteiger partial charge in [0, 0.05) is 44.8 Å². The third-order valence-electron chi connectivity index (χ3n) is 4.73. The van der Waals surface area contributed by atoms with Crippen molar-refractivity contribution in [3.63, 3.8) is 0 Å². The van der Waals surface area contributed by atoms with Crippen LogP contribution in [0, 0.1) is 13.8 Å². The van der Waals surface area contributed by atoms with E-state index >= 15 is 0 Å². The van der Waals surface area contributed by atoms with E-state index in [1.807, 2.05) is 55.7 Å². The summed E-state index contributed by atoms with van der Waals surface area (Å²) < 4.78 is 0. The number of rotatable bonds is 5. The number of hydrogen-bond donors (Lipinski definition) is 0. The van der Waals surface area contributed by atoms with Crippen molar-refractivity contribution >= 4 is 11.8 Å². The number of aryl methyl sites for hydroxylation is 2. The molecule has 2 rings (SSSR count). The molecule has 1 aromatic carbocycles. The highest BCUT2D eigenvalue weighted by molar-refractivity contribution is 5.99. The molecule has 0 atom stereocenters. The molecule has 1 saturated heterocycles. The van der Waals surface area contributed by atoms with Crippen LogP contribution in [0.15, 0.2) is 18.2 Å². The number of hydrogen-bond acceptors (Lipinski definition) is 3. The third-order valence-corrected chi connectivity index (χ3v) is 4.73.